The van der Waals surface area contributed by atoms with E-state index in [-0.39, 0.29) is 18.5 Å². The van der Waals surface area contributed by atoms with Gasteiger partial charge in [-0.1, -0.05) is 5.16 Å². The molecule has 1 aromatic heterocycles. The summed E-state index contributed by atoms with van der Waals surface area (Å²) in [6, 6.07) is 0.473. The number of aromatic nitrogens is 2. The topological polar surface area (TPSA) is 63.4 Å². The molecular weight excluding hydrogens is 289 g/mol. The predicted octanol–water partition coefficient (Wildman–Crippen LogP) is 1.26. The number of nitrogens with zero attached hydrogens (tertiary/aromatic N) is 3. The molecule has 2 aliphatic rings. The third-order valence-corrected chi connectivity index (χ3v) is 3.76. The first kappa shape index (κ1) is 14.7. The number of nitrogens with one attached hydrogen (secondary N) is 1. The van der Waals surface area contributed by atoms with Crippen LogP contribution in [0, 0.1) is 0 Å². The van der Waals surface area contributed by atoms with Crippen LogP contribution in [0.3, 0.4) is 0 Å². The Morgan fingerprint density at radius 1 is 1.38 bits per heavy atom. The molecule has 9 heteroatoms. The summed E-state index contributed by atoms with van der Waals surface area (Å²) >= 11 is 0. The Hall–Kier alpha value is -1.19. The molecular formula is C12H17F3N4O2. The molecule has 0 radical (unpaired) electrons. The van der Waals surface area contributed by atoms with E-state index in [4.69, 9.17) is 9.26 Å². The van der Waals surface area contributed by atoms with Gasteiger partial charge in [0.2, 0.25) is 11.7 Å². The third-order valence-electron chi connectivity index (χ3n) is 3.76. The van der Waals surface area contributed by atoms with Crippen LogP contribution < -0.4 is 5.32 Å². The highest BCUT2D eigenvalue weighted by Crippen LogP contribution is 2.28. The fourth-order valence-corrected chi connectivity index (χ4v) is 2.76. The minimum Gasteiger partial charge on any atom is -0.367 e. The smallest absolute Gasteiger partial charge is 0.367 e. The monoisotopic (exact) mass is 306 g/mol. The third kappa shape index (κ3) is 3.72. The Labute approximate surface area is 119 Å². The van der Waals surface area contributed by atoms with Gasteiger partial charge in [-0.2, -0.15) is 18.2 Å². The SMILES string of the molecule is FC(F)(F)CNCc1nc(C2CN3CCCC3CO2)no1. The summed E-state index contributed by atoms with van der Waals surface area (Å²) in [5.74, 6) is 0.547. The Balaban J connectivity index is 1.53. The van der Waals surface area contributed by atoms with Gasteiger partial charge in [0.15, 0.2) is 0 Å². The molecule has 0 aliphatic carbocycles. The molecule has 2 aliphatic heterocycles. The number of alkyl halides is 3. The summed E-state index contributed by atoms with van der Waals surface area (Å²) in [4.78, 5) is 6.45. The average Bonchev–Trinajstić information content (AvgIpc) is 3.04. The molecule has 0 bridgehead atoms. The molecule has 2 fully saturated rings. The lowest BCUT2D eigenvalue weighted by Gasteiger charge is -2.33. The van der Waals surface area contributed by atoms with Crippen LogP contribution in [0.15, 0.2) is 4.52 Å². The van der Waals surface area contributed by atoms with E-state index in [0.29, 0.717) is 25.0 Å². The van der Waals surface area contributed by atoms with Crippen LogP contribution in [0.25, 0.3) is 0 Å². The van der Waals surface area contributed by atoms with Crippen molar-refractivity contribution in [3.63, 3.8) is 0 Å². The molecule has 2 saturated heterocycles. The van der Waals surface area contributed by atoms with Crippen molar-refractivity contribution in [2.45, 2.75) is 37.7 Å². The van der Waals surface area contributed by atoms with Gasteiger partial charge in [0.05, 0.1) is 19.7 Å². The Bertz CT molecular complexity index is 479. The normalized spacial score (nSPS) is 27.0. The van der Waals surface area contributed by atoms with E-state index in [1.165, 1.54) is 6.42 Å². The molecule has 0 aromatic carbocycles. The number of hydrogen-bond donors (Lipinski definition) is 1. The molecule has 0 saturated carbocycles. The van der Waals surface area contributed by atoms with E-state index in [1.807, 2.05) is 0 Å². The van der Waals surface area contributed by atoms with E-state index in [2.05, 4.69) is 20.4 Å². The molecule has 3 rings (SSSR count). The number of hydrogen-bond acceptors (Lipinski definition) is 6. The maximum atomic E-state index is 12.0. The summed E-state index contributed by atoms with van der Waals surface area (Å²) in [7, 11) is 0. The molecule has 0 spiro atoms. The average molecular weight is 306 g/mol. The van der Waals surface area contributed by atoms with Gasteiger partial charge < -0.3 is 14.6 Å². The zero-order chi connectivity index (χ0) is 14.9. The highest BCUT2D eigenvalue weighted by Gasteiger charge is 2.35. The van der Waals surface area contributed by atoms with Gasteiger partial charge >= 0.3 is 6.18 Å². The van der Waals surface area contributed by atoms with Gasteiger partial charge in [-0.05, 0) is 19.4 Å². The Kier molecular flexibility index (Phi) is 4.14. The lowest BCUT2D eigenvalue weighted by atomic mass is 10.2. The van der Waals surface area contributed by atoms with E-state index in [9.17, 15) is 13.2 Å². The van der Waals surface area contributed by atoms with Crippen LogP contribution in [-0.2, 0) is 11.3 Å². The minimum atomic E-state index is -4.25. The minimum absolute atomic E-state index is 0.106. The van der Waals surface area contributed by atoms with Gasteiger partial charge in [-0.15, -0.1) is 0 Å². The van der Waals surface area contributed by atoms with Crippen LogP contribution in [0.1, 0.15) is 30.7 Å². The first-order valence-electron chi connectivity index (χ1n) is 6.97. The molecule has 6 nitrogen and oxygen atoms in total. The van der Waals surface area contributed by atoms with Gasteiger partial charge in [-0.25, -0.2) is 0 Å². The summed E-state index contributed by atoms with van der Waals surface area (Å²) in [5.41, 5.74) is 0. The van der Waals surface area contributed by atoms with Gasteiger partial charge in [0.1, 0.15) is 6.10 Å². The van der Waals surface area contributed by atoms with Gasteiger partial charge in [-0.3, -0.25) is 4.90 Å². The van der Waals surface area contributed by atoms with E-state index in [0.717, 1.165) is 13.0 Å². The molecule has 2 atom stereocenters. The molecule has 118 valence electrons. The number of morpholine rings is 1. The largest absolute Gasteiger partial charge is 0.401 e. The predicted molar refractivity (Wildman–Crippen MR) is 65.3 cm³/mol. The lowest BCUT2D eigenvalue weighted by molar-refractivity contribution is -0.125. The van der Waals surface area contributed by atoms with Crippen LogP contribution in [0.2, 0.25) is 0 Å². The highest BCUT2D eigenvalue weighted by atomic mass is 19.4. The maximum Gasteiger partial charge on any atom is 0.401 e. The van der Waals surface area contributed by atoms with Crippen molar-refractivity contribution in [3.05, 3.63) is 11.7 Å². The number of ether oxygens (including phenoxy) is 1. The van der Waals surface area contributed by atoms with E-state index < -0.39 is 12.7 Å². The number of halogens is 3. The van der Waals surface area contributed by atoms with E-state index >= 15 is 0 Å². The number of fused-ring (bicyclic) bond motifs is 1. The Morgan fingerprint density at radius 2 is 2.24 bits per heavy atom. The van der Waals surface area contributed by atoms with Crippen LogP contribution in [-0.4, -0.2) is 53.5 Å². The van der Waals surface area contributed by atoms with E-state index in [1.54, 1.807) is 0 Å². The number of rotatable bonds is 4. The van der Waals surface area contributed by atoms with Crippen molar-refractivity contribution in [3.8, 4) is 0 Å². The molecule has 21 heavy (non-hydrogen) atoms. The van der Waals surface area contributed by atoms with Crippen LogP contribution >= 0.6 is 0 Å². The molecule has 1 N–H and O–H groups in total. The van der Waals surface area contributed by atoms with Crippen molar-refractivity contribution in [1.82, 2.24) is 20.4 Å². The van der Waals surface area contributed by atoms with Gasteiger partial charge in [0.25, 0.3) is 0 Å². The molecule has 2 unspecified atom stereocenters. The summed E-state index contributed by atoms with van der Waals surface area (Å²) in [6.45, 7) is 1.20. The second-order valence-electron chi connectivity index (χ2n) is 5.38. The summed E-state index contributed by atoms with van der Waals surface area (Å²) in [6.07, 6.45) is -2.20. The van der Waals surface area contributed by atoms with Gasteiger partial charge in [0, 0.05) is 12.6 Å². The van der Waals surface area contributed by atoms with Crippen LogP contribution in [0.5, 0.6) is 0 Å². The fraction of sp³-hybridized carbons (Fsp3) is 0.833. The second-order valence-corrected chi connectivity index (χ2v) is 5.38. The van der Waals surface area contributed by atoms with Crippen molar-refractivity contribution in [2.75, 3.05) is 26.2 Å². The van der Waals surface area contributed by atoms with Crippen molar-refractivity contribution in [2.24, 2.45) is 0 Å². The zero-order valence-corrected chi connectivity index (χ0v) is 11.4. The first-order chi connectivity index (χ1) is 10.0. The fourth-order valence-electron chi connectivity index (χ4n) is 2.76. The highest BCUT2D eigenvalue weighted by molar-refractivity contribution is 4.97. The molecule has 1 aromatic rings. The Morgan fingerprint density at radius 3 is 3.05 bits per heavy atom. The van der Waals surface area contributed by atoms with Crippen molar-refractivity contribution < 1.29 is 22.4 Å². The van der Waals surface area contributed by atoms with Crippen LogP contribution in [0.4, 0.5) is 13.2 Å². The maximum absolute atomic E-state index is 12.0. The summed E-state index contributed by atoms with van der Waals surface area (Å²) < 4.78 is 46.8. The van der Waals surface area contributed by atoms with Crippen molar-refractivity contribution >= 4 is 0 Å². The molecule has 3 heterocycles. The zero-order valence-electron chi connectivity index (χ0n) is 11.4. The second kappa shape index (κ2) is 5.90. The van der Waals surface area contributed by atoms with Crippen molar-refractivity contribution in [1.29, 1.82) is 0 Å². The first-order valence-corrected chi connectivity index (χ1v) is 6.97. The molecule has 0 amide bonds. The summed E-state index contributed by atoms with van der Waals surface area (Å²) in [5, 5.41) is 6.03. The standard InChI is InChI=1S/C12H17F3N4O2/c13-12(14,15)7-16-4-10-17-11(18-21-10)9-5-19-3-1-2-8(19)6-20-9/h8-9,16H,1-7H2. The quantitative estimate of drug-likeness (QED) is 0.903. The lowest BCUT2D eigenvalue weighted by Crippen LogP contribution is -2.42.